The van der Waals surface area contributed by atoms with Gasteiger partial charge in [0, 0.05) is 24.7 Å². The quantitative estimate of drug-likeness (QED) is 0.744. The monoisotopic (exact) mass is 393 g/mol. The second-order valence-corrected chi connectivity index (χ2v) is 8.62. The van der Waals surface area contributed by atoms with Crippen LogP contribution < -0.4 is 9.46 Å². The third-order valence-corrected chi connectivity index (χ3v) is 5.64. The van der Waals surface area contributed by atoms with Gasteiger partial charge < -0.3 is 4.74 Å². The lowest BCUT2D eigenvalue weighted by molar-refractivity contribution is -0.119. The van der Waals surface area contributed by atoms with Crippen molar-refractivity contribution >= 4 is 15.9 Å². The zero-order valence-corrected chi connectivity index (χ0v) is 17.3. The molecule has 0 aliphatic rings. The number of methoxy groups -OCH3 is 1. The third kappa shape index (κ3) is 5.32. The molecule has 1 heterocycles. The lowest BCUT2D eigenvalue weighted by Crippen LogP contribution is -2.30. The summed E-state index contributed by atoms with van der Waals surface area (Å²) in [6, 6.07) is 6.00. The van der Waals surface area contributed by atoms with Crippen molar-refractivity contribution in [2.45, 2.75) is 52.0 Å². The minimum atomic E-state index is -3.93. The third-order valence-electron chi connectivity index (χ3n) is 4.27. The van der Waals surface area contributed by atoms with Gasteiger partial charge in [-0.2, -0.15) is 5.10 Å². The molecule has 1 amide bonds. The van der Waals surface area contributed by atoms with Crippen molar-refractivity contribution < 1.29 is 17.9 Å². The number of hydrogen-bond donors (Lipinski definition) is 1. The number of rotatable bonds is 8. The summed E-state index contributed by atoms with van der Waals surface area (Å²) in [5, 5.41) is 4.52. The van der Waals surface area contributed by atoms with Gasteiger partial charge in [0.15, 0.2) is 0 Å². The van der Waals surface area contributed by atoms with Gasteiger partial charge in [0.25, 0.3) is 10.0 Å². The largest absolute Gasteiger partial charge is 0.497 e. The summed E-state index contributed by atoms with van der Waals surface area (Å²) in [7, 11) is -2.47. The molecule has 7 nitrogen and oxygen atoms in total. The number of amides is 1. The average molecular weight is 394 g/mol. The molecule has 8 heteroatoms. The minimum Gasteiger partial charge on any atom is -0.497 e. The van der Waals surface area contributed by atoms with Gasteiger partial charge in [0.2, 0.25) is 5.91 Å². The molecule has 0 radical (unpaired) electrons. The average Bonchev–Trinajstić information content (AvgIpc) is 2.85. The first-order chi connectivity index (χ1) is 12.6. The van der Waals surface area contributed by atoms with E-state index in [-0.39, 0.29) is 11.3 Å². The zero-order valence-electron chi connectivity index (χ0n) is 16.4. The van der Waals surface area contributed by atoms with Crippen LogP contribution in [0.2, 0.25) is 0 Å². The van der Waals surface area contributed by atoms with Gasteiger partial charge in [-0.3, -0.25) is 9.48 Å². The molecule has 0 spiro atoms. The van der Waals surface area contributed by atoms with Gasteiger partial charge in [-0.25, -0.2) is 13.1 Å². The Kier molecular flexibility index (Phi) is 6.64. The molecule has 0 fully saturated rings. The summed E-state index contributed by atoms with van der Waals surface area (Å²) in [5.74, 6) is 0.328. The van der Waals surface area contributed by atoms with E-state index in [9.17, 15) is 13.2 Å². The Bertz CT molecular complexity index is 917. The number of sulfonamides is 1. The molecule has 0 unspecified atom stereocenters. The number of ether oxygens (including phenoxy) is 1. The molecule has 0 atom stereocenters. The van der Waals surface area contributed by atoms with Crippen molar-refractivity contribution in [3.8, 4) is 5.75 Å². The van der Waals surface area contributed by atoms with E-state index >= 15 is 0 Å². The van der Waals surface area contributed by atoms with Crippen LogP contribution in [0.25, 0.3) is 0 Å². The highest BCUT2D eigenvalue weighted by molar-refractivity contribution is 7.90. The molecule has 2 aromatic rings. The molecule has 1 N–H and O–H groups in total. The van der Waals surface area contributed by atoms with Crippen molar-refractivity contribution in [2.75, 3.05) is 7.11 Å². The van der Waals surface area contributed by atoms with E-state index < -0.39 is 15.9 Å². The smallest absolute Gasteiger partial charge is 0.264 e. The van der Waals surface area contributed by atoms with Gasteiger partial charge in [0.1, 0.15) is 5.75 Å². The van der Waals surface area contributed by atoms with Crippen LogP contribution in [0, 0.1) is 19.8 Å². The number of carbonyl (C=O) groups excluding carboxylic acids is 1. The van der Waals surface area contributed by atoms with Gasteiger partial charge >= 0.3 is 0 Å². The molecule has 0 saturated heterocycles. The highest BCUT2D eigenvalue weighted by Gasteiger charge is 2.19. The van der Waals surface area contributed by atoms with Crippen LogP contribution in [-0.2, 0) is 27.8 Å². The summed E-state index contributed by atoms with van der Waals surface area (Å²) in [6.07, 6.45) is 0.507. The summed E-state index contributed by atoms with van der Waals surface area (Å²) >= 11 is 0. The molecular formula is C19H27N3O4S. The predicted molar refractivity (Wildman–Crippen MR) is 103 cm³/mol. The standard InChI is InChI=1S/C19H27N3O4S/c1-13(2)12-22-15(4)18(14(3)20-22)9-10-19(23)21-27(24,25)17-8-6-7-16(11-17)26-5/h6-8,11,13H,9-10,12H2,1-5H3,(H,21,23). The zero-order chi connectivity index (χ0) is 20.2. The van der Waals surface area contributed by atoms with Gasteiger partial charge in [-0.15, -0.1) is 0 Å². The highest BCUT2D eigenvalue weighted by Crippen LogP contribution is 2.18. The van der Waals surface area contributed by atoms with Gasteiger partial charge in [-0.05, 0) is 43.9 Å². The Morgan fingerprint density at radius 1 is 1.30 bits per heavy atom. The molecule has 0 aliphatic heterocycles. The maximum Gasteiger partial charge on any atom is 0.264 e. The van der Waals surface area contributed by atoms with Gasteiger partial charge in [-0.1, -0.05) is 19.9 Å². The topological polar surface area (TPSA) is 90.3 Å². The Labute approximate surface area is 160 Å². The van der Waals surface area contributed by atoms with Crippen LogP contribution in [-0.4, -0.2) is 31.2 Å². The van der Waals surface area contributed by atoms with Crippen molar-refractivity contribution in [1.82, 2.24) is 14.5 Å². The number of aromatic nitrogens is 2. The Balaban J connectivity index is 2.05. The molecule has 148 valence electrons. The van der Waals surface area contributed by atoms with E-state index in [1.165, 1.54) is 19.2 Å². The Morgan fingerprint density at radius 2 is 2.00 bits per heavy atom. The molecular weight excluding hydrogens is 366 g/mol. The van der Waals surface area contributed by atoms with Crippen molar-refractivity contribution in [3.63, 3.8) is 0 Å². The number of aryl methyl sites for hydroxylation is 1. The molecule has 0 aliphatic carbocycles. The minimum absolute atomic E-state index is 0.00712. The van der Waals surface area contributed by atoms with Crippen LogP contribution in [0.5, 0.6) is 5.75 Å². The second-order valence-electron chi connectivity index (χ2n) is 6.93. The number of nitrogens with zero attached hydrogens (tertiary/aromatic N) is 2. The molecule has 0 bridgehead atoms. The van der Waals surface area contributed by atoms with Crippen LogP contribution in [0.3, 0.4) is 0 Å². The maximum atomic E-state index is 12.4. The van der Waals surface area contributed by atoms with Crippen LogP contribution >= 0.6 is 0 Å². The summed E-state index contributed by atoms with van der Waals surface area (Å²) in [5.41, 5.74) is 2.88. The summed E-state index contributed by atoms with van der Waals surface area (Å²) in [6.45, 7) is 8.93. The summed E-state index contributed by atoms with van der Waals surface area (Å²) in [4.78, 5) is 12.2. The van der Waals surface area contributed by atoms with E-state index in [2.05, 4.69) is 23.7 Å². The molecule has 2 rings (SSSR count). The molecule has 0 saturated carbocycles. The SMILES string of the molecule is COc1cccc(S(=O)(=O)NC(=O)CCc2c(C)nn(CC(C)C)c2C)c1. The Morgan fingerprint density at radius 3 is 2.63 bits per heavy atom. The lowest BCUT2D eigenvalue weighted by atomic mass is 10.1. The van der Waals surface area contributed by atoms with Crippen LogP contribution in [0.15, 0.2) is 29.2 Å². The number of benzene rings is 1. The fourth-order valence-electron chi connectivity index (χ4n) is 2.89. The fourth-order valence-corrected chi connectivity index (χ4v) is 3.93. The van der Waals surface area contributed by atoms with Crippen LogP contribution in [0.1, 0.15) is 37.2 Å². The molecule has 27 heavy (non-hydrogen) atoms. The number of nitrogens with one attached hydrogen (secondary N) is 1. The summed E-state index contributed by atoms with van der Waals surface area (Å²) < 4.78 is 33.9. The van der Waals surface area contributed by atoms with E-state index in [0.29, 0.717) is 18.1 Å². The highest BCUT2D eigenvalue weighted by atomic mass is 32.2. The van der Waals surface area contributed by atoms with E-state index in [4.69, 9.17) is 4.74 Å². The first-order valence-electron chi connectivity index (χ1n) is 8.86. The predicted octanol–water partition coefficient (Wildman–Crippen LogP) is 2.60. The van der Waals surface area contributed by atoms with Crippen LogP contribution in [0.4, 0.5) is 0 Å². The van der Waals surface area contributed by atoms with E-state index in [1.807, 2.05) is 18.5 Å². The lowest BCUT2D eigenvalue weighted by Gasteiger charge is -2.09. The van der Waals surface area contributed by atoms with E-state index in [1.54, 1.807) is 12.1 Å². The number of carbonyl (C=O) groups is 1. The fraction of sp³-hybridized carbons (Fsp3) is 0.474. The first-order valence-corrected chi connectivity index (χ1v) is 10.3. The number of hydrogen-bond acceptors (Lipinski definition) is 5. The van der Waals surface area contributed by atoms with E-state index in [0.717, 1.165) is 23.5 Å². The van der Waals surface area contributed by atoms with Crippen molar-refractivity contribution in [1.29, 1.82) is 0 Å². The van der Waals surface area contributed by atoms with Gasteiger partial charge in [0.05, 0.1) is 17.7 Å². The molecule has 1 aromatic heterocycles. The van der Waals surface area contributed by atoms with Crippen molar-refractivity contribution in [2.24, 2.45) is 5.92 Å². The molecule has 1 aromatic carbocycles. The maximum absolute atomic E-state index is 12.4. The van der Waals surface area contributed by atoms with Crippen molar-refractivity contribution in [3.05, 3.63) is 41.2 Å². The normalized spacial score (nSPS) is 11.6. The second kappa shape index (κ2) is 8.56. The first kappa shape index (κ1) is 21.0. The Hall–Kier alpha value is -2.35.